The lowest BCUT2D eigenvalue weighted by Crippen LogP contribution is -2.23. The topological polar surface area (TPSA) is 49.3 Å². The SMILES string of the molecule is O=C(O)[C@@H]1CCN[C@H]1c1ccccc1Cl. The molecule has 0 bridgehead atoms. The van der Waals surface area contributed by atoms with E-state index in [4.69, 9.17) is 16.7 Å². The van der Waals surface area contributed by atoms with Crippen LogP contribution in [0.15, 0.2) is 24.3 Å². The number of carboxylic acid groups (broad SMARTS) is 1. The Hall–Kier alpha value is -1.06. The fourth-order valence-corrected chi connectivity index (χ4v) is 2.28. The van der Waals surface area contributed by atoms with E-state index in [0.717, 1.165) is 12.1 Å². The summed E-state index contributed by atoms with van der Waals surface area (Å²) in [6.07, 6.45) is 0.658. The van der Waals surface area contributed by atoms with Crippen molar-refractivity contribution in [3.05, 3.63) is 34.9 Å². The predicted molar refractivity (Wildman–Crippen MR) is 57.9 cm³/mol. The Morgan fingerprint density at radius 3 is 2.87 bits per heavy atom. The monoisotopic (exact) mass is 225 g/mol. The zero-order valence-corrected chi connectivity index (χ0v) is 8.87. The molecule has 1 aromatic rings. The van der Waals surface area contributed by atoms with E-state index in [2.05, 4.69) is 5.32 Å². The van der Waals surface area contributed by atoms with E-state index < -0.39 is 5.97 Å². The van der Waals surface area contributed by atoms with E-state index in [1.165, 1.54) is 0 Å². The van der Waals surface area contributed by atoms with E-state index in [1.807, 2.05) is 18.2 Å². The van der Waals surface area contributed by atoms with Crippen molar-refractivity contribution in [3.8, 4) is 0 Å². The minimum atomic E-state index is -0.759. The molecule has 2 N–H and O–H groups in total. The van der Waals surface area contributed by atoms with Crippen LogP contribution in [0.5, 0.6) is 0 Å². The molecule has 0 aliphatic carbocycles. The Balaban J connectivity index is 2.30. The van der Waals surface area contributed by atoms with Crippen molar-refractivity contribution in [2.75, 3.05) is 6.54 Å². The fraction of sp³-hybridized carbons (Fsp3) is 0.364. The second kappa shape index (κ2) is 4.21. The predicted octanol–water partition coefficient (Wildman–Crippen LogP) is 2.08. The van der Waals surface area contributed by atoms with Gasteiger partial charge in [0, 0.05) is 11.1 Å². The molecule has 0 saturated carbocycles. The van der Waals surface area contributed by atoms with Gasteiger partial charge in [0.15, 0.2) is 0 Å². The summed E-state index contributed by atoms with van der Waals surface area (Å²) in [5.41, 5.74) is 0.879. The van der Waals surface area contributed by atoms with E-state index in [9.17, 15) is 4.79 Å². The summed E-state index contributed by atoms with van der Waals surface area (Å²) in [7, 11) is 0. The lowest BCUT2D eigenvalue weighted by Gasteiger charge is -2.17. The van der Waals surface area contributed by atoms with Gasteiger partial charge < -0.3 is 10.4 Å². The van der Waals surface area contributed by atoms with Crippen LogP contribution in [0, 0.1) is 5.92 Å². The van der Waals surface area contributed by atoms with Crippen molar-refractivity contribution in [3.63, 3.8) is 0 Å². The maximum Gasteiger partial charge on any atom is 0.308 e. The summed E-state index contributed by atoms with van der Waals surface area (Å²) in [5, 5.41) is 12.9. The van der Waals surface area contributed by atoms with Crippen LogP contribution in [-0.2, 0) is 4.79 Å². The maximum absolute atomic E-state index is 11.0. The highest BCUT2D eigenvalue weighted by atomic mass is 35.5. The van der Waals surface area contributed by atoms with Crippen molar-refractivity contribution in [2.24, 2.45) is 5.92 Å². The molecular weight excluding hydrogens is 214 g/mol. The molecule has 15 heavy (non-hydrogen) atoms. The van der Waals surface area contributed by atoms with Crippen molar-refractivity contribution >= 4 is 17.6 Å². The molecule has 4 heteroatoms. The highest BCUT2D eigenvalue weighted by molar-refractivity contribution is 6.31. The Kier molecular flexibility index (Phi) is 2.93. The summed E-state index contributed by atoms with van der Waals surface area (Å²) < 4.78 is 0. The number of hydrogen-bond acceptors (Lipinski definition) is 2. The van der Waals surface area contributed by atoms with Gasteiger partial charge in [-0.05, 0) is 24.6 Å². The molecule has 2 atom stereocenters. The molecule has 0 aromatic heterocycles. The van der Waals surface area contributed by atoms with Crippen molar-refractivity contribution in [1.29, 1.82) is 0 Å². The minimum Gasteiger partial charge on any atom is -0.481 e. The first-order valence-electron chi connectivity index (χ1n) is 4.91. The Bertz CT molecular complexity index is 381. The average molecular weight is 226 g/mol. The summed E-state index contributed by atoms with van der Waals surface area (Å²) in [4.78, 5) is 11.0. The summed E-state index contributed by atoms with van der Waals surface area (Å²) >= 11 is 6.04. The molecule has 1 saturated heterocycles. The van der Waals surface area contributed by atoms with Gasteiger partial charge in [-0.25, -0.2) is 0 Å². The zero-order chi connectivity index (χ0) is 10.8. The van der Waals surface area contributed by atoms with Crippen LogP contribution in [0.1, 0.15) is 18.0 Å². The van der Waals surface area contributed by atoms with Gasteiger partial charge in [0.25, 0.3) is 0 Å². The van der Waals surface area contributed by atoms with E-state index in [-0.39, 0.29) is 12.0 Å². The molecule has 2 rings (SSSR count). The van der Waals surface area contributed by atoms with Crippen LogP contribution >= 0.6 is 11.6 Å². The molecule has 0 amide bonds. The summed E-state index contributed by atoms with van der Waals surface area (Å²) in [6, 6.07) is 7.23. The average Bonchev–Trinajstić information content (AvgIpc) is 2.67. The van der Waals surface area contributed by atoms with Crippen LogP contribution in [0.25, 0.3) is 0 Å². The van der Waals surface area contributed by atoms with Gasteiger partial charge in [0.1, 0.15) is 0 Å². The number of carboxylic acids is 1. The van der Waals surface area contributed by atoms with Gasteiger partial charge in [0.05, 0.1) is 5.92 Å². The van der Waals surface area contributed by atoms with Crippen LogP contribution < -0.4 is 5.32 Å². The Morgan fingerprint density at radius 1 is 1.47 bits per heavy atom. The molecule has 1 aliphatic heterocycles. The second-order valence-electron chi connectivity index (χ2n) is 3.69. The van der Waals surface area contributed by atoms with Crippen LogP contribution in [0.4, 0.5) is 0 Å². The quantitative estimate of drug-likeness (QED) is 0.810. The molecule has 3 nitrogen and oxygen atoms in total. The fourth-order valence-electron chi connectivity index (χ4n) is 2.02. The van der Waals surface area contributed by atoms with Gasteiger partial charge in [-0.15, -0.1) is 0 Å². The third-order valence-electron chi connectivity index (χ3n) is 2.78. The molecule has 80 valence electrons. The first-order valence-corrected chi connectivity index (χ1v) is 5.28. The van der Waals surface area contributed by atoms with Gasteiger partial charge in [-0.3, -0.25) is 4.79 Å². The second-order valence-corrected chi connectivity index (χ2v) is 4.09. The lowest BCUT2D eigenvalue weighted by molar-refractivity contribution is -0.142. The number of benzene rings is 1. The maximum atomic E-state index is 11.0. The smallest absolute Gasteiger partial charge is 0.308 e. The van der Waals surface area contributed by atoms with Crippen LogP contribution in [0.2, 0.25) is 5.02 Å². The van der Waals surface area contributed by atoms with E-state index >= 15 is 0 Å². The number of nitrogens with one attached hydrogen (secondary N) is 1. The van der Waals surface area contributed by atoms with Gasteiger partial charge in [-0.1, -0.05) is 29.8 Å². The molecule has 0 spiro atoms. The summed E-state index contributed by atoms with van der Waals surface area (Å²) in [6.45, 7) is 0.729. The number of aliphatic carboxylic acids is 1. The Morgan fingerprint density at radius 2 is 2.20 bits per heavy atom. The highest BCUT2D eigenvalue weighted by Crippen LogP contribution is 2.33. The third-order valence-corrected chi connectivity index (χ3v) is 3.12. The first-order chi connectivity index (χ1) is 7.20. The Labute approximate surface area is 93.1 Å². The number of hydrogen-bond donors (Lipinski definition) is 2. The number of carbonyl (C=O) groups is 1. The zero-order valence-electron chi connectivity index (χ0n) is 8.11. The molecule has 1 aromatic carbocycles. The normalized spacial score (nSPS) is 25.4. The standard InChI is InChI=1S/C11H12ClNO2/c12-9-4-2-1-3-7(9)10-8(11(14)15)5-6-13-10/h1-4,8,10,13H,5-6H2,(H,14,15)/t8-,10+/m1/s1. The molecular formula is C11H12ClNO2. The van der Waals surface area contributed by atoms with Gasteiger partial charge >= 0.3 is 5.97 Å². The highest BCUT2D eigenvalue weighted by Gasteiger charge is 2.34. The van der Waals surface area contributed by atoms with Gasteiger partial charge in [0.2, 0.25) is 0 Å². The largest absolute Gasteiger partial charge is 0.481 e. The van der Waals surface area contributed by atoms with Crippen LogP contribution in [-0.4, -0.2) is 17.6 Å². The summed E-state index contributed by atoms with van der Waals surface area (Å²) in [5.74, 6) is -1.13. The first kappa shape index (κ1) is 10.5. The molecule has 1 heterocycles. The number of rotatable bonds is 2. The lowest BCUT2D eigenvalue weighted by atomic mass is 9.94. The van der Waals surface area contributed by atoms with E-state index in [0.29, 0.717) is 11.4 Å². The van der Waals surface area contributed by atoms with Gasteiger partial charge in [-0.2, -0.15) is 0 Å². The van der Waals surface area contributed by atoms with Crippen LogP contribution in [0.3, 0.4) is 0 Å². The van der Waals surface area contributed by atoms with Crippen molar-refractivity contribution in [2.45, 2.75) is 12.5 Å². The minimum absolute atomic E-state index is 0.156. The molecule has 1 aliphatic rings. The van der Waals surface area contributed by atoms with Crippen molar-refractivity contribution < 1.29 is 9.90 Å². The number of halogens is 1. The molecule has 0 radical (unpaired) electrons. The van der Waals surface area contributed by atoms with E-state index in [1.54, 1.807) is 6.07 Å². The molecule has 1 fully saturated rings. The van der Waals surface area contributed by atoms with Crippen molar-refractivity contribution in [1.82, 2.24) is 5.32 Å². The third kappa shape index (κ3) is 1.98. The molecule has 0 unspecified atom stereocenters.